The third-order valence-corrected chi connectivity index (χ3v) is 8.39. The molecule has 0 spiro atoms. The van der Waals surface area contributed by atoms with Crippen LogP contribution in [0.25, 0.3) is 5.69 Å². The smallest absolute Gasteiger partial charge is 0.273 e. The molecule has 1 aliphatic carbocycles. The molecule has 188 valence electrons. The number of nitrogens with one attached hydrogen (secondary N) is 1. The predicted molar refractivity (Wildman–Crippen MR) is 134 cm³/mol. The number of carbonyl (C=O) groups excluding carboxylic acids is 1. The van der Waals surface area contributed by atoms with E-state index in [1.807, 2.05) is 13.0 Å². The summed E-state index contributed by atoms with van der Waals surface area (Å²) in [6, 6.07) is 5.08. The van der Waals surface area contributed by atoms with E-state index in [0.29, 0.717) is 31.6 Å². The first-order chi connectivity index (χ1) is 15.8. The molecule has 1 amide bonds. The molecule has 34 heavy (non-hydrogen) atoms. The molecule has 0 bridgehead atoms. The molecule has 1 aromatic heterocycles. The second-order valence-electron chi connectivity index (χ2n) is 10.6. The van der Waals surface area contributed by atoms with Gasteiger partial charge < -0.3 is 5.32 Å². The van der Waals surface area contributed by atoms with Crippen molar-refractivity contribution in [2.75, 3.05) is 12.8 Å². The Kier molecular flexibility index (Phi) is 8.13. The van der Waals surface area contributed by atoms with Crippen LogP contribution in [0.2, 0.25) is 5.15 Å². The Morgan fingerprint density at radius 3 is 2.41 bits per heavy atom. The first kappa shape index (κ1) is 26.7. The van der Waals surface area contributed by atoms with Crippen molar-refractivity contribution in [3.63, 3.8) is 0 Å². The third kappa shape index (κ3) is 6.39. The Bertz CT molecular complexity index is 1150. The van der Waals surface area contributed by atoms with Gasteiger partial charge in [-0.05, 0) is 61.1 Å². The first-order valence-electron chi connectivity index (χ1n) is 11.8. The molecule has 0 atom stereocenters. The zero-order chi connectivity index (χ0) is 25.3. The summed E-state index contributed by atoms with van der Waals surface area (Å²) < 4.78 is 40.1. The van der Waals surface area contributed by atoms with Gasteiger partial charge >= 0.3 is 0 Å². The van der Waals surface area contributed by atoms with Crippen molar-refractivity contribution >= 4 is 27.3 Å². The molecule has 0 aliphatic heterocycles. The summed E-state index contributed by atoms with van der Waals surface area (Å²) in [5, 5.41) is 2.68. The summed E-state index contributed by atoms with van der Waals surface area (Å²) in [4.78, 5) is 17.3. The van der Waals surface area contributed by atoms with Crippen LogP contribution in [0.15, 0.2) is 18.2 Å². The van der Waals surface area contributed by atoms with Crippen molar-refractivity contribution in [2.24, 2.45) is 11.3 Å². The lowest BCUT2D eigenvalue weighted by atomic mass is 9.88. The van der Waals surface area contributed by atoms with Gasteiger partial charge in [-0.15, -0.1) is 0 Å². The van der Waals surface area contributed by atoms with Crippen molar-refractivity contribution in [3.8, 4) is 5.69 Å². The maximum atomic E-state index is 15.1. The molecule has 0 radical (unpaired) electrons. The van der Waals surface area contributed by atoms with Gasteiger partial charge in [-0.25, -0.2) is 17.8 Å². The molecular weight excluding hydrogens is 477 g/mol. The molecule has 1 fully saturated rings. The minimum atomic E-state index is -3.02. The zero-order valence-corrected chi connectivity index (χ0v) is 22.2. The van der Waals surface area contributed by atoms with E-state index in [1.54, 1.807) is 6.07 Å². The molecular formula is C25H35ClFN3O3S. The van der Waals surface area contributed by atoms with Gasteiger partial charge in [-0.2, -0.15) is 0 Å². The quantitative estimate of drug-likeness (QED) is 0.557. The largest absolute Gasteiger partial charge is 0.350 e. The van der Waals surface area contributed by atoms with E-state index in [-0.39, 0.29) is 33.1 Å². The number of nitrogens with zero attached hydrogens (tertiary/aromatic N) is 2. The van der Waals surface area contributed by atoms with Gasteiger partial charge in [0.1, 0.15) is 26.6 Å². The molecule has 0 unspecified atom stereocenters. The second kappa shape index (κ2) is 10.4. The highest BCUT2D eigenvalue weighted by atomic mass is 35.5. The van der Waals surface area contributed by atoms with Crippen LogP contribution in [0, 0.1) is 17.2 Å². The van der Waals surface area contributed by atoms with Gasteiger partial charge in [-0.3, -0.25) is 9.36 Å². The number of carbonyl (C=O) groups is 1. The molecule has 1 N–H and O–H groups in total. The predicted octanol–water partition coefficient (Wildman–Crippen LogP) is 5.15. The van der Waals surface area contributed by atoms with E-state index in [2.05, 4.69) is 31.1 Å². The minimum Gasteiger partial charge on any atom is -0.350 e. The number of hydrogen-bond donors (Lipinski definition) is 1. The Labute approximate surface area is 207 Å². The van der Waals surface area contributed by atoms with Crippen molar-refractivity contribution < 1.29 is 17.6 Å². The van der Waals surface area contributed by atoms with Crippen LogP contribution in [-0.2, 0) is 22.7 Å². The highest BCUT2D eigenvalue weighted by molar-refractivity contribution is 7.91. The average molecular weight is 512 g/mol. The number of aromatic nitrogens is 2. The summed E-state index contributed by atoms with van der Waals surface area (Å²) >= 11 is 6.55. The van der Waals surface area contributed by atoms with Crippen molar-refractivity contribution in [1.29, 1.82) is 0 Å². The van der Waals surface area contributed by atoms with Crippen LogP contribution < -0.4 is 5.32 Å². The Morgan fingerprint density at radius 2 is 1.88 bits per heavy atom. The Morgan fingerprint density at radius 1 is 1.24 bits per heavy atom. The molecule has 3 rings (SSSR count). The second-order valence-corrected chi connectivity index (χ2v) is 13.2. The monoisotopic (exact) mass is 511 g/mol. The molecule has 0 saturated heterocycles. The summed E-state index contributed by atoms with van der Waals surface area (Å²) in [7, 11) is -3.02. The van der Waals surface area contributed by atoms with E-state index in [1.165, 1.54) is 16.9 Å². The summed E-state index contributed by atoms with van der Waals surface area (Å²) in [5.41, 5.74) is 1.27. The normalized spacial score (nSPS) is 19.3. The lowest BCUT2D eigenvalue weighted by molar-refractivity contribution is 0.0939. The van der Waals surface area contributed by atoms with Crippen molar-refractivity contribution in [3.05, 3.63) is 46.3 Å². The van der Waals surface area contributed by atoms with E-state index < -0.39 is 21.6 Å². The fourth-order valence-corrected chi connectivity index (χ4v) is 6.05. The van der Waals surface area contributed by atoms with E-state index in [0.717, 1.165) is 24.8 Å². The van der Waals surface area contributed by atoms with Crippen molar-refractivity contribution in [1.82, 2.24) is 14.9 Å². The van der Waals surface area contributed by atoms with Crippen LogP contribution in [-0.4, -0.2) is 41.9 Å². The standard InChI is InChI=1S/C25H35ClFN3O3S/c1-6-21-29-22(24(31)28-15-16-7-10-18(11-8-16)34(5,32)33)23(26)30(21)20-12-9-17(13-19(20)27)14-25(2,3)4/h9,12-13,16,18H,6-8,10-11,14-15H2,1-5H3,(H,28,31). The molecule has 1 aromatic carbocycles. The first-order valence-corrected chi connectivity index (χ1v) is 14.2. The van der Waals surface area contributed by atoms with Gasteiger partial charge in [-0.1, -0.05) is 45.4 Å². The number of amides is 1. The molecule has 1 aliphatic rings. The summed E-state index contributed by atoms with van der Waals surface area (Å²) in [6.07, 6.45) is 5.20. The number of aryl methyl sites for hydroxylation is 1. The van der Waals surface area contributed by atoms with E-state index in [4.69, 9.17) is 11.6 Å². The zero-order valence-electron chi connectivity index (χ0n) is 20.6. The number of halogens is 2. The van der Waals surface area contributed by atoms with Crippen LogP contribution in [0.4, 0.5) is 4.39 Å². The van der Waals surface area contributed by atoms with Crippen LogP contribution in [0.5, 0.6) is 0 Å². The Balaban J connectivity index is 1.74. The fraction of sp³-hybridized carbons (Fsp3) is 0.600. The summed E-state index contributed by atoms with van der Waals surface area (Å²) in [6.45, 7) is 8.60. The maximum absolute atomic E-state index is 15.1. The van der Waals surface area contributed by atoms with Crippen LogP contribution in [0.1, 0.15) is 75.3 Å². The molecule has 9 heteroatoms. The lowest BCUT2D eigenvalue weighted by Crippen LogP contribution is -2.34. The number of rotatable bonds is 7. The van der Waals surface area contributed by atoms with Crippen LogP contribution in [0.3, 0.4) is 0 Å². The lowest BCUT2D eigenvalue weighted by Gasteiger charge is -2.27. The van der Waals surface area contributed by atoms with Gasteiger partial charge in [0.2, 0.25) is 0 Å². The van der Waals surface area contributed by atoms with Gasteiger partial charge in [0.05, 0.1) is 10.9 Å². The number of imidazole rings is 1. The average Bonchev–Trinajstić information content (AvgIpc) is 3.07. The molecule has 1 heterocycles. The molecule has 2 aromatic rings. The highest BCUT2D eigenvalue weighted by Gasteiger charge is 2.29. The molecule has 1 saturated carbocycles. The van der Waals surface area contributed by atoms with Crippen molar-refractivity contribution in [2.45, 2.75) is 71.5 Å². The van der Waals surface area contributed by atoms with Gasteiger partial charge in [0.15, 0.2) is 5.69 Å². The van der Waals surface area contributed by atoms with E-state index >= 15 is 4.39 Å². The fourth-order valence-electron chi connectivity index (χ4n) is 4.61. The highest BCUT2D eigenvalue weighted by Crippen LogP contribution is 2.30. The van der Waals surface area contributed by atoms with Gasteiger partial charge in [0.25, 0.3) is 5.91 Å². The van der Waals surface area contributed by atoms with Crippen LogP contribution >= 0.6 is 11.6 Å². The minimum absolute atomic E-state index is 0.0322. The molecule has 6 nitrogen and oxygen atoms in total. The SMILES string of the molecule is CCc1nc(C(=O)NCC2CCC(S(C)(=O)=O)CC2)c(Cl)n1-c1ccc(CC(C)(C)C)cc1F. The number of benzene rings is 1. The maximum Gasteiger partial charge on any atom is 0.273 e. The number of sulfone groups is 1. The number of hydrogen-bond acceptors (Lipinski definition) is 4. The third-order valence-electron chi connectivity index (χ3n) is 6.36. The Hall–Kier alpha value is -1.93. The topological polar surface area (TPSA) is 81.1 Å². The summed E-state index contributed by atoms with van der Waals surface area (Å²) in [5.74, 6) is -0.105. The van der Waals surface area contributed by atoms with E-state index in [9.17, 15) is 13.2 Å². The van der Waals surface area contributed by atoms with Gasteiger partial charge in [0, 0.05) is 19.2 Å².